The highest BCUT2D eigenvalue weighted by molar-refractivity contribution is 5.71. The predicted molar refractivity (Wildman–Crippen MR) is 330 cm³/mol. The molecular weight excluding hydrogens is 937 g/mol. The molecule has 1 atom stereocenters. The molecule has 0 spiro atoms. The number of carbonyl (C=O) groups is 3. The molecule has 0 fully saturated rings. The van der Waals surface area contributed by atoms with E-state index in [4.69, 9.17) is 14.2 Å². The summed E-state index contributed by atoms with van der Waals surface area (Å²) >= 11 is 0. The third kappa shape index (κ3) is 62.5. The van der Waals surface area contributed by atoms with Crippen molar-refractivity contribution in [1.29, 1.82) is 0 Å². The number of rotatable bonds is 63. The molecule has 1 unspecified atom stereocenters. The molecule has 0 aromatic heterocycles. The molecule has 0 aliphatic heterocycles. The van der Waals surface area contributed by atoms with E-state index in [1.165, 1.54) is 257 Å². The van der Waals surface area contributed by atoms with Gasteiger partial charge in [-0.2, -0.15) is 0 Å². The lowest BCUT2D eigenvalue weighted by atomic mass is 10.0. The van der Waals surface area contributed by atoms with Crippen molar-refractivity contribution in [2.75, 3.05) is 13.2 Å². The van der Waals surface area contributed by atoms with E-state index in [9.17, 15) is 14.4 Å². The van der Waals surface area contributed by atoms with Gasteiger partial charge in [-0.05, 0) is 77.0 Å². The summed E-state index contributed by atoms with van der Waals surface area (Å²) < 4.78 is 16.9. The molecule has 76 heavy (non-hydrogen) atoms. The third-order valence-electron chi connectivity index (χ3n) is 15.4. The Morgan fingerprint density at radius 1 is 0.263 bits per heavy atom. The lowest BCUT2D eigenvalue weighted by Gasteiger charge is -2.18. The van der Waals surface area contributed by atoms with Crippen LogP contribution in [0.2, 0.25) is 0 Å². The van der Waals surface area contributed by atoms with Crippen LogP contribution >= 0.6 is 0 Å². The zero-order chi connectivity index (χ0) is 55.0. The SMILES string of the molecule is CCCCC/C=C\CCCCCCCC(=O)OCC(COC(=O)CCCCCCCCCCCCCCCCCCCCCCCCCCCCCC)OC(=O)CCCCCCCCC/C=C\C/C=C\CCCCCC. The first-order chi connectivity index (χ1) is 37.5. The Balaban J connectivity index is 4.17. The van der Waals surface area contributed by atoms with E-state index < -0.39 is 6.10 Å². The Hall–Kier alpha value is -2.37. The van der Waals surface area contributed by atoms with Gasteiger partial charge in [-0.15, -0.1) is 0 Å². The van der Waals surface area contributed by atoms with Crippen molar-refractivity contribution in [3.8, 4) is 0 Å². The number of carbonyl (C=O) groups excluding carboxylic acids is 3. The smallest absolute Gasteiger partial charge is 0.306 e. The van der Waals surface area contributed by atoms with Gasteiger partial charge in [0.15, 0.2) is 6.10 Å². The van der Waals surface area contributed by atoms with Gasteiger partial charge in [0.2, 0.25) is 0 Å². The maximum absolute atomic E-state index is 12.9. The van der Waals surface area contributed by atoms with Crippen molar-refractivity contribution >= 4 is 17.9 Å². The largest absolute Gasteiger partial charge is 0.462 e. The topological polar surface area (TPSA) is 78.9 Å². The first-order valence-electron chi connectivity index (χ1n) is 34.0. The van der Waals surface area contributed by atoms with E-state index in [1.807, 2.05) is 0 Å². The van der Waals surface area contributed by atoms with Gasteiger partial charge < -0.3 is 14.2 Å². The molecule has 0 aliphatic rings. The molecule has 0 rings (SSSR count). The lowest BCUT2D eigenvalue weighted by Crippen LogP contribution is -2.30. The van der Waals surface area contributed by atoms with Crippen LogP contribution in [-0.2, 0) is 28.6 Å². The van der Waals surface area contributed by atoms with Crippen LogP contribution in [0.15, 0.2) is 36.5 Å². The van der Waals surface area contributed by atoms with Crippen molar-refractivity contribution in [2.45, 2.75) is 380 Å². The minimum absolute atomic E-state index is 0.0740. The minimum atomic E-state index is -0.778. The molecule has 0 aliphatic carbocycles. The average Bonchev–Trinajstić information content (AvgIpc) is 3.42. The fourth-order valence-electron chi connectivity index (χ4n) is 10.2. The van der Waals surface area contributed by atoms with Gasteiger partial charge in [0.25, 0.3) is 0 Å². The number of allylic oxidation sites excluding steroid dienone is 6. The lowest BCUT2D eigenvalue weighted by molar-refractivity contribution is -0.167. The summed E-state index contributed by atoms with van der Waals surface area (Å²) in [5.41, 5.74) is 0. The van der Waals surface area contributed by atoms with E-state index in [0.717, 1.165) is 77.0 Å². The van der Waals surface area contributed by atoms with Gasteiger partial charge in [0.1, 0.15) is 13.2 Å². The minimum Gasteiger partial charge on any atom is -0.462 e. The van der Waals surface area contributed by atoms with Crippen LogP contribution < -0.4 is 0 Å². The summed E-state index contributed by atoms with van der Waals surface area (Å²) in [6.07, 6.45) is 80.3. The molecule has 0 aromatic rings. The van der Waals surface area contributed by atoms with E-state index in [2.05, 4.69) is 57.2 Å². The molecule has 0 aromatic carbocycles. The van der Waals surface area contributed by atoms with E-state index in [-0.39, 0.29) is 31.1 Å². The van der Waals surface area contributed by atoms with Crippen LogP contribution in [0, 0.1) is 0 Å². The van der Waals surface area contributed by atoms with Crippen molar-refractivity contribution in [2.24, 2.45) is 0 Å². The normalized spacial score (nSPS) is 12.2. The first kappa shape index (κ1) is 73.6. The van der Waals surface area contributed by atoms with Crippen LogP contribution in [0.5, 0.6) is 0 Å². The Morgan fingerprint density at radius 3 is 0.776 bits per heavy atom. The summed E-state index contributed by atoms with van der Waals surface area (Å²) in [4.78, 5) is 38.3. The highest BCUT2D eigenvalue weighted by Crippen LogP contribution is 2.18. The Morgan fingerprint density at radius 2 is 0.474 bits per heavy atom. The number of hydrogen-bond donors (Lipinski definition) is 0. The zero-order valence-corrected chi connectivity index (χ0v) is 51.3. The summed E-state index contributed by atoms with van der Waals surface area (Å²) in [6.45, 7) is 6.65. The standard InChI is InChI=1S/C70H130O6/c1-4-7-10-13-16-19-22-25-27-29-31-32-33-34-35-36-37-38-39-40-42-43-45-48-51-54-57-60-63-69(72)75-66-67(65-74-68(71)62-59-56-53-50-47-24-21-18-15-12-9-6-3)76-70(73)64-61-58-55-52-49-46-44-41-30-28-26-23-20-17-14-11-8-5-2/h18,20-21,23,28,30,67H,4-17,19,22,24-27,29,31-66H2,1-3H3/b21-18-,23-20-,30-28-. The van der Waals surface area contributed by atoms with Crippen molar-refractivity contribution in [1.82, 2.24) is 0 Å². The first-order valence-corrected chi connectivity index (χ1v) is 34.0. The molecule has 6 nitrogen and oxygen atoms in total. The van der Waals surface area contributed by atoms with Crippen LogP contribution in [0.4, 0.5) is 0 Å². The van der Waals surface area contributed by atoms with Crippen LogP contribution in [0.25, 0.3) is 0 Å². The zero-order valence-electron chi connectivity index (χ0n) is 51.3. The van der Waals surface area contributed by atoms with Gasteiger partial charge in [0.05, 0.1) is 0 Å². The van der Waals surface area contributed by atoms with Crippen molar-refractivity contribution < 1.29 is 28.6 Å². The fraction of sp³-hybridized carbons (Fsp3) is 0.871. The molecule has 0 heterocycles. The number of unbranched alkanes of at least 4 members (excludes halogenated alkanes) is 46. The Bertz CT molecular complexity index is 1270. The van der Waals surface area contributed by atoms with Crippen LogP contribution in [0.1, 0.15) is 374 Å². The highest BCUT2D eigenvalue weighted by Gasteiger charge is 2.19. The quantitative estimate of drug-likeness (QED) is 0.0261. The number of esters is 3. The maximum Gasteiger partial charge on any atom is 0.306 e. The fourth-order valence-corrected chi connectivity index (χ4v) is 10.2. The summed E-state index contributed by atoms with van der Waals surface area (Å²) in [7, 11) is 0. The predicted octanol–water partition coefficient (Wildman–Crippen LogP) is 23.2. The van der Waals surface area contributed by atoms with Crippen molar-refractivity contribution in [3.05, 3.63) is 36.5 Å². The molecule has 446 valence electrons. The van der Waals surface area contributed by atoms with E-state index in [1.54, 1.807) is 0 Å². The van der Waals surface area contributed by atoms with Gasteiger partial charge in [-0.3, -0.25) is 14.4 Å². The summed E-state index contributed by atoms with van der Waals surface area (Å²) in [5.74, 6) is -0.868. The second kappa shape index (κ2) is 65.2. The second-order valence-corrected chi connectivity index (χ2v) is 23.1. The van der Waals surface area contributed by atoms with Crippen molar-refractivity contribution in [3.63, 3.8) is 0 Å². The Labute approximate surface area is 474 Å². The molecule has 0 bridgehead atoms. The highest BCUT2D eigenvalue weighted by atomic mass is 16.6. The molecule has 0 saturated heterocycles. The van der Waals surface area contributed by atoms with Gasteiger partial charge in [0, 0.05) is 19.3 Å². The second-order valence-electron chi connectivity index (χ2n) is 23.1. The molecule has 0 amide bonds. The molecule has 0 radical (unpaired) electrons. The van der Waals surface area contributed by atoms with E-state index in [0.29, 0.717) is 19.3 Å². The van der Waals surface area contributed by atoms with Crippen LogP contribution in [0.3, 0.4) is 0 Å². The van der Waals surface area contributed by atoms with E-state index >= 15 is 0 Å². The van der Waals surface area contributed by atoms with Crippen LogP contribution in [-0.4, -0.2) is 37.2 Å². The summed E-state index contributed by atoms with van der Waals surface area (Å²) in [5, 5.41) is 0. The van der Waals surface area contributed by atoms with Gasteiger partial charge in [-0.25, -0.2) is 0 Å². The Kier molecular flexibility index (Phi) is 63.1. The molecule has 0 saturated carbocycles. The monoisotopic (exact) mass is 1070 g/mol. The number of ether oxygens (including phenoxy) is 3. The molecule has 0 N–H and O–H groups in total. The summed E-state index contributed by atoms with van der Waals surface area (Å²) in [6, 6.07) is 0. The van der Waals surface area contributed by atoms with Gasteiger partial charge >= 0.3 is 17.9 Å². The third-order valence-corrected chi connectivity index (χ3v) is 15.4. The van der Waals surface area contributed by atoms with Gasteiger partial charge in [-0.1, -0.05) is 314 Å². The molecular formula is C70H130O6. The number of hydrogen-bond acceptors (Lipinski definition) is 6. The maximum atomic E-state index is 12.9. The average molecular weight is 1070 g/mol. The molecule has 6 heteroatoms.